The van der Waals surface area contributed by atoms with Crippen molar-refractivity contribution in [2.45, 2.75) is 19.6 Å². The molecule has 0 saturated heterocycles. The van der Waals surface area contributed by atoms with Crippen LogP contribution in [0, 0.1) is 0 Å². The number of aromatic amines is 1. The summed E-state index contributed by atoms with van der Waals surface area (Å²) in [7, 11) is 1.49. The summed E-state index contributed by atoms with van der Waals surface area (Å²) in [6.07, 6.45) is -0.286. The molecule has 0 aliphatic rings. The lowest BCUT2D eigenvalue weighted by Gasteiger charge is -2.14. The summed E-state index contributed by atoms with van der Waals surface area (Å²) in [6.45, 7) is 1.92. The van der Waals surface area contributed by atoms with E-state index in [0.29, 0.717) is 11.0 Å². The average Bonchev–Trinajstić information content (AvgIpc) is 2.43. The maximum Gasteiger partial charge on any atom is 0.335 e. The minimum Gasteiger partial charge on any atom is -0.478 e. The Morgan fingerprint density at radius 3 is 2.75 bits per heavy atom. The second-order valence-electron chi connectivity index (χ2n) is 4.45. The van der Waals surface area contributed by atoms with Crippen LogP contribution in [0.2, 0.25) is 0 Å². The van der Waals surface area contributed by atoms with Crippen molar-refractivity contribution in [2.75, 3.05) is 7.11 Å². The number of nitrogens with zero attached hydrogens (tertiary/aromatic N) is 1. The zero-order chi connectivity index (χ0) is 14.9. The van der Waals surface area contributed by atoms with Gasteiger partial charge in [-0.05, 0) is 25.1 Å². The number of ether oxygens (including phenoxy) is 1. The highest BCUT2D eigenvalue weighted by Gasteiger charge is 2.12. The minimum atomic E-state index is -1.10. The first-order valence-corrected chi connectivity index (χ1v) is 5.97. The topological polar surface area (TPSA) is 101 Å². The van der Waals surface area contributed by atoms with E-state index in [2.05, 4.69) is 4.98 Å². The maximum absolute atomic E-state index is 11.9. The Morgan fingerprint density at radius 1 is 1.45 bits per heavy atom. The van der Waals surface area contributed by atoms with Gasteiger partial charge in [0.05, 0.1) is 29.2 Å². The van der Waals surface area contributed by atoms with E-state index < -0.39 is 17.1 Å². The number of rotatable bonds is 4. The fraction of sp³-hybridized carbons (Fsp3) is 0.308. The number of carboxylic acid groups (broad SMARTS) is 1. The Morgan fingerprint density at radius 2 is 2.15 bits per heavy atom. The van der Waals surface area contributed by atoms with Crippen LogP contribution in [0.15, 0.2) is 27.8 Å². The van der Waals surface area contributed by atoms with Crippen molar-refractivity contribution in [3.05, 3.63) is 44.5 Å². The monoisotopic (exact) mass is 278 g/mol. The molecule has 2 rings (SSSR count). The predicted octanol–water partition coefficient (Wildman–Crippen LogP) is 0.423. The van der Waals surface area contributed by atoms with Gasteiger partial charge in [0.1, 0.15) is 0 Å². The van der Waals surface area contributed by atoms with Gasteiger partial charge in [0.2, 0.25) is 0 Å². The van der Waals surface area contributed by atoms with Gasteiger partial charge in [-0.15, -0.1) is 0 Å². The lowest BCUT2D eigenvalue weighted by Crippen LogP contribution is -2.38. The Kier molecular flexibility index (Phi) is 3.71. The SMILES string of the molecule is COC(C)Cn1c(=O)c(=O)[nH]c2ccc(C(=O)O)cc21. The van der Waals surface area contributed by atoms with E-state index in [1.807, 2.05) is 0 Å². The number of hydrogen-bond donors (Lipinski definition) is 2. The molecule has 1 aromatic heterocycles. The van der Waals surface area contributed by atoms with E-state index in [-0.39, 0.29) is 18.2 Å². The van der Waals surface area contributed by atoms with Crippen molar-refractivity contribution in [3.8, 4) is 0 Å². The number of H-pyrrole nitrogens is 1. The van der Waals surface area contributed by atoms with Gasteiger partial charge < -0.3 is 14.8 Å². The van der Waals surface area contributed by atoms with Gasteiger partial charge in [-0.1, -0.05) is 0 Å². The predicted molar refractivity (Wildman–Crippen MR) is 72.3 cm³/mol. The summed E-state index contributed by atoms with van der Waals surface area (Å²) in [6, 6.07) is 4.19. The van der Waals surface area contributed by atoms with Crippen molar-refractivity contribution in [2.24, 2.45) is 0 Å². The van der Waals surface area contributed by atoms with Gasteiger partial charge in [0, 0.05) is 7.11 Å². The summed E-state index contributed by atoms with van der Waals surface area (Å²) in [5.41, 5.74) is -0.670. The van der Waals surface area contributed by atoms with E-state index in [4.69, 9.17) is 9.84 Å². The third-order valence-electron chi connectivity index (χ3n) is 3.07. The first-order valence-electron chi connectivity index (χ1n) is 5.97. The zero-order valence-electron chi connectivity index (χ0n) is 11.0. The van der Waals surface area contributed by atoms with Gasteiger partial charge in [-0.2, -0.15) is 0 Å². The number of carbonyl (C=O) groups is 1. The number of nitrogens with one attached hydrogen (secondary N) is 1. The summed E-state index contributed by atoms with van der Waals surface area (Å²) in [5, 5.41) is 9.00. The summed E-state index contributed by atoms with van der Waals surface area (Å²) in [4.78, 5) is 37.0. The summed E-state index contributed by atoms with van der Waals surface area (Å²) >= 11 is 0. The number of hydrogen-bond acceptors (Lipinski definition) is 4. The third-order valence-corrected chi connectivity index (χ3v) is 3.07. The van der Waals surface area contributed by atoms with Crippen molar-refractivity contribution in [3.63, 3.8) is 0 Å². The van der Waals surface area contributed by atoms with Crippen LogP contribution < -0.4 is 11.1 Å². The van der Waals surface area contributed by atoms with E-state index in [1.54, 1.807) is 6.92 Å². The molecule has 0 radical (unpaired) electrons. The molecule has 20 heavy (non-hydrogen) atoms. The molecule has 0 bridgehead atoms. The van der Waals surface area contributed by atoms with Gasteiger partial charge in [0.15, 0.2) is 0 Å². The van der Waals surface area contributed by atoms with Crippen LogP contribution in [-0.4, -0.2) is 33.8 Å². The Labute approximate surface area is 113 Å². The van der Waals surface area contributed by atoms with Crippen molar-refractivity contribution < 1.29 is 14.6 Å². The molecule has 0 fully saturated rings. The van der Waals surface area contributed by atoms with Crippen LogP contribution in [0.25, 0.3) is 11.0 Å². The molecule has 106 valence electrons. The molecule has 7 nitrogen and oxygen atoms in total. The fourth-order valence-corrected chi connectivity index (χ4v) is 1.91. The molecule has 2 N–H and O–H groups in total. The summed E-state index contributed by atoms with van der Waals surface area (Å²) in [5.74, 6) is -1.10. The highest BCUT2D eigenvalue weighted by Crippen LogP contribution is 2.12. The second kappa shape index (κ2) is 5.30. The molecule has 0 saturated carbocycles. The highest BCUT2D eigenvalue weighted by molar-refractivity contribution is 5.92. The van der Waals surface area contributed by atoms with Gasteiger partial charge in [-0.3, -0.25) is 14.2 Å². The highest BCUT2D eigenvalue weighted by atomic mass is 16.5. The number of methoxy groups -OCH3 is 1. The quantitative estimate of drug-likeness (QED) is 0.789. The molecule has 0 amide bonds. The minimum absolute atomic E-state index is 0.0442. The summed E-state index contributed by atoms with van der Waals surface area (Å²) < 4.78 is 6.32. The second-order valence-corrected chi connectivity index (χ2v) is 4.45. The molecule has 1 unspecified atom stereocenters. The lowest BCUT2D eigenvalue weighted by molar-refractivity contribution is 0.0697. The Bertz CT molecular complexity index is 774. The first-order chi connectivity index (χ1) is 9.43. The molecule has 1 aromatic carbocycles. The standard InChI is InChI=1S/C13H14N2O5/c1-7(20-2)6-15-10-5-8(13(18)19)3-4-9(10)14-11(16)12(15)17/h3-5,7H,6H2,1-2H3,(H,14,16)(H,18,19). The maximum atomic E-state index is 11.9. The number of aromatic carboxylic acids is 1. The van der Waals surface area contributed by atoms with Crippen LogP contribution in [0.5, 0.6) is 0 Å². The molecule has 2 aromatic rings. The largest absolute Gasteiger partial charge is 0.478 e. The van der Waals surface area contributed by atoms with E-state index in [9.17, 15) is 14.4 Å². The van der Waals surface area contributed by atoms with Crippen LogP contribution in [-0.2, 0) is 11.3 Å². The van der Waals surface area contributed by atoms with Crippen LogP contribution >= 0.6 is 0 Å². The normalized spacial score (nSPS) is 12.5. The number of fused-ring (bicyclic) bond motifs is 1. The van der Waals surface area contributed by atoms with Gasteiger partial charge >= 0.3 is 17.1 Å². The Hall–Kier alpha value is -2.41. The molecule has 1 heterocycles. The zero-order valence-corrected chi connectivity index (χ0v) is 11.0. The number of carboxylic acids is 1. The van der Waals surface area contributed by atoms with Crippen LogP contribution in [0.4, 0.5) is 0 Å². The van der Waals surface area contributed by atoms with E-state index in [0.717, 1.165) is 0 Å². The smallest absolute Gasteiger partial charge is 0.335 e. The molecular weight excluding hydrogens is 264 g/mol. The van der Waals surface area contributed by atoms with Crippen molar-refractivity contribution in [1.29, 1.82) is 0 Å². The third kappa shape index (κ3) is 2.48. The number of aromatic nitrogens is 2. The van der Waals surface area contributed by atoms with E-state index >= 15 is 0 Å². The van der Waals surface area contributed by atoms with Crippen molar-refractivity contribution in [1.82, 2.24) is 9.55 Å². The lowest BCUT2D eigenvalue weighted by atomic mass is 10.2. The molecule has 0 aliphatic carbocycles. The van der Waals surface area contributed by atoms with Gasteiger partial charge in [-0.25, -0.2) is 4.79 Å². The van der Waals surface area contributed by atoms with E-state index in [1.165, 1.54) is 29.9 Å². The molecule has 0 aliphatic heterocycles. The van der Waals surface area contributed by atoms with Crippen molar-refractivity contribution >= 4 is 17.0 Å². The average molecular weight is 278 g/mol. The number of benzene rings is 1. The van der Waals surface area contributed by atoms with Crippen LogP contribution in [0.3, 0.4) is 0 Å². The molecular formula is C13H14N2O5. The first kappa shape index (κ1) is 14.0. The van der Waals surface area contributed by atoms with Gasteiger partial charge in [0.25, 0.3) is 0 Å². The Balaban J connectivity index is 2.76. The molecule has 1 atom stereocenters. The molecule has 0 spiro atoms. The van der Waals surface area contributed by atoms with Crippen LogP contribution in [0.1, 0.15) is 17.3 Å². The fourth-order valence-electron chi connectivity index (χ4n) is 1.91. The molecule has 7 heteroatoms.